The van der Waals surface area contributed by atoms with Crippen LogP contribution in [0.4, 0.5) is 0 Å². The summed E-state index contributed by atoms with van der Waals surface area (Å²) in [4.78, 5) is 36.0. The molecule has 0 aliphatic heterocycles. The van der Waals surface area contributed by atoms with Crippen LogP contribution in [0, 0.1) is 0 Å². The van der Waals surface area contributed by atoms with Gasteiger partial charge in [-0.15, -0.1) is 0 Å². The van der Waals surface area contributed by atoms with Crippen LogP contribution in [-0.2, 0) is 42.8 Å². The highest BCUT2D eigenvalue weighted by Crippen LogP contribution is 2.09. The standard InChI is InChI=1S/C29H59N5O15/c1-18(37)22(16-35)48-28(26(42)31-5)46-14-12-44-10-8-32-24(40)7-6-21(30-4)25(41)33-9-11-45-13-15-47-29(27(43)34-20(3)39)49-23(17-36)19(2)38/h18-19,21-23,26-31,35-38,42-43H,6-17H2,1-5H3,(H,32,40)(H,33,41)(H,34,39). The van der Waals surface area contributed by atoms with Crippen molar-refractivity contribution < 1.29 is 73.4 Å². The number of hydrogen-bond acceptors (Lipinski definition) is 17. The summed E-state index contributed by atoms with van der Waals surface area (Å²) in [5.74, 6) is -1.15. The van der Waals surface area contributed by atoms with E-state index in [0.29, 0.717) is 0 Å². The minimum absolute atomic E-state index is 0.0310. The average Bonchev–Trinajstić information content (AvgIpc) is 3.05. The summed E-state index contributed by atoms with van der Waals surface area (Å²) in [5, 5.41) is 71.1. The van der Waals surface area contributed by atoms with Gasteiger partial charge in [-0.1, -0.05) is 0 Å². The molecule has 20 nitrogen and oxygen atoms in total. The molecule has 20 heteroatoms. The summed E-state index contributed by atoms with van der Waals surface area (Å²) >= 11 is 0. The first kappa shape index (κ1) is 46.9. The molecule has 0 aliphatic rings. The van der Waals surface area contributed by atoms with Crippen LogP contribution >= 0.6 is 0 Å². The Labute approximate surface area is 287 Å². The third-order valence-corrected chi connectivity index (χ3v) is 6.68. The fourth-order valence-electron chi connectivity index (χ4n) is 3.84. The maximum atomic E-state index is 12.5. The Morgan fingerprint density at radius 1 is 0.673 bits per heavy atom. The Morgan fingerprint density at radius 2 is 1.16 bits per heavy atom. The molecule has 0 rings (SSSR count). The second kappa shape index (κ2) is 28.5. The highest BCUT2D eigenvalue weighted by atomic mass is 16.7. The first-order chi connectivity index (χ1) is 23.3. The first-order valence-corrected chi connectivity index (χ1v) is 16.1. The van der Waals surface area contributed by atoms with E-state index in [1.54, 1.807) is 7.05 Å². The monoisotopic (exact) mass is 717 g/mol. The van der Waals surface area contributed by atoms with Crippen LogP contribution in [-0.4, -0.2) is 184 Å². The van der Waals surface area contributed by atoms with Crippen LogP contribution < -0.4 is 26.6 Å². The van der Waals surface area contributed by atoms with Gasteiger partial charge in [-0.25, -0.2) is 0 Å². The molecule has 11 N–H and O–H groups in total. The number of ether oxygens (including phenoxy) is 6. The molecule has 0 spiro atoms. The van der Waals surface area contributed by atoms with Crippen LogP contribution in [0.1, 0.15) is 33.6 Å². The smallest absolute Gasteiger partial charge is 0.237 e. The maximum absolute atomic E-state index is 12.5. The minimum Gasteiger partial charge on any atom is -0.394 e. The van der Waals surface area contributed by atoms with Gasteiger partial charge in [0.25, 0.3) is 0 Å². The molecule has 290 valence electrons. The SMILES string of the molecule is CNC(CCC(=O)NCCOCCOC(OC(CO)C(C)O)C(O)NC)C(=O)NCCOCCOC(OC(CO)C(C)O)C(O)NC(C)=O. The molecule has 9 unspecified atom stereocenters. The molecule has 0 aliphatic carbocycles. The Hall–Kier alpha value is -2.15. The van der Waals surface area contributed by atoms with Crippen molar-refractivity contribution in [3.05, 3.63) is 0 Å². The van der Waals surface area contributed by atoms with Gasteiger partial charge in [0.05, 0.1) is 71.1 Å². The average molecular weight is 718 g/mol. The van der Waals surface area contributed by atoms with Crippen LogP contribution in [0.25, 0.3) is 0 Å². The number of hydrogen-bond donors (Lipinski definition) is 11. The summed E-state index contributed by atoms with van der Waals surface area (Å²) < 4.78 is 32.4. The first-order valence-electron chi connectivity index (χ1n) is 16.1. The van der Waals surface area contributed by atoms with Gasteiger partial charge in [-0.3, -0.25) is 19.7 Å². The number of carbonyl (C=O) groups is 3. The zero-order valence-corrected chi connectivity index (χ0v) is 29.0. The summed E-state index contributed by atoms with van der Waals surface area (Å²) in [5.41, 5.74) is 0. The van der Waals surface area contributed by atoms with E-state index in [9.17, 15) is 45.0 Å². The van der Waals surface area contributed by atoms with Gasteiger partial charge in [0.1, 0.15) is 12.2 Å². The zero-order chi connectivity index (χ0) is 37.2. The predicted molar refractivity (Wildman–Crippen MR) is 171 cm³/mol. The van der Waals surface area contributed by atoms with Crippen molar-refractivity contribution in [2.75, 3.05) is 80.0 Å². The highest BCUT2D eigenvalue weighted by molar-refractivity contribution is 5.83. The molecule has 0 saturated carbocycles. The number of nitrogens with one attached hydrogen (secondary N) is 5. The molecule has 0 fully saturated rings. The van der Waals surface area contributed by atoms with E-state index in [-0.39, 0.29) is 77.4 Å². The molecule has 0 aromatic heterocycles. The minimum atomic E-state index is -1.56. The highest BCUT2D eigenvalue weighted by Gasteiger charge is 2.28. The summed E-state index contributed by atoms with van der Waals surface area (Å²) in [6.45, 7) is 3.79. The second-order valence-electron chi connectivity index (χ2n) is 10.8. The molecule has 0 radical (unpaired) electrons. The third-order valence-electron chi connectivity index (χ3n) is 6.68. The second-order valence-corrected chi connectivity index (χ2v) is 10.8. The lowest BCUT2D eigenvalue weighted by atomic mass is 10.1. The van der Waals surface area contributed by atoms with Crippen molar-refractivity contribution in [2.45, 2.75) is 89.1 Å². The predicted octanol–water partition coefficient (Wildman–Crippen LogP) is -5.19. The molecule has 0 aromatic rings. The molecule has 0 heterocycles. The number of aliphatic hydroxyl groups is 6. The molecule has 0 saturated heterocycles. The van der Waals surface area contributed by atoms with Crippen molar-refractivity contribution in [1.29, 1.82) is 0 Å². The molecule has 0 aromatic carbocycles. The molecular formula is C29H59N5O15. The quantitative estimate of drug-likeness (QED) is 0.0236. The van der Waals surface area contributed by atoms with Gasteiger partial charge >= 0.3 is 0 Å². The van der Waals surface area contributed by atoms with Gasteiger partial charge in [0.2, 0.25) is 24.0 Å². The van der Waals surface area contributed by atoms with E-state index in [2.05, 4.69) is 26.6 Å². The third kappa shape index (κ3) is 22.3. The fourth-order valence-corrected chi connectivity index (χ4v) is 3.84. The largest absolute Gasteiger partial charge is 0.394 e. The number of likely N-dealkylation sites (N-methyl/N-ethyl adjacent to an activating group) is 2. The Kier molecular flexibility index (Phi) is 27.3. The normalized spacial score (nSPS) is 17.2. The topological polar surface area (TPSA) is 288 Å². The van der Waals surface area contributed by atoms with Gasteiger partial charge < -0.3 is 80.3 Å². The van der Waals surface area contributed by atoms with Crippen LogP contribution in [0.2, 0.25) is 0 Å². The lowest BCUT2D eigenvalue weighted by Crippen LogP contribution is -2.48. The Morgan fingerprint density at radius 3 is 1.59 bits per heavy atom. The molecule has 3 amide bonds. The van der Waals surface area contributed by atoms with E-state index in [1.165, 1.54) is 27.8 Å². The fraction of sp³-hybridized carbons (Fsp3) is 0.897. The number of carbonyl (C=O) groups excluding carboxylic acids is 3. The van der Waals surface area contributed by atoms with Crippen LogP contribution in [0.5, 0.6) is 0 Å². The van der Waals surface area contributed by atoms with Gasteiger partial charge in [0.15, 0.2) is 18.7 Å². The lowest BCUT2D eigenvalue weighted by molar-refractivity contribution is -0.243. The van der Waals surface area contributed by atoms with Crippen molar-refractivity contribution in [2.24, 2.45) is 0 Å². The van der Waals surface area contributed by atoms with Crippen molar-refractivity contribution in [3.8, 4) is 0 Å². The summed E-state index contributed by atoms with van der Waals surface area (Å²) in [7, 11) is 3.08. The lowest BCUT2D eigenvalue weighted by Gasteiger charge is -2.28. The zero-order valence-electron chi connectivity index (χ0n) is 29.0. The van der Waals surface area contributed by atoms with Crippen LogP contribution in [0.15, 0.2) is 0 Å². The molecular weight excluding hydrogens is 658 g/mol. The summed E-state index contributed by atoms with van der Waals surface area (Å²) in [6, 6.07) is -0.633. The van der Waals surface area contributed by atoms with Crippen LogP contribution in [0.3, 0.4) is 0 Å². The van der Waals surface area contributed by atoms with E-state index in [0.717, 1.165) is 0 Å². The van der Waals surface area contributed by atoms with E-state index < -0.39 is 74.6 Å². The van der Waals surface area contributed by atoms with Crippen molar-refractivity contribution >= 4 is 17.7 Å². The molecule has 0 bridgehead atoms. The number of amides is 3. The number of rotatable bonds is 31. The summed E-state index contributed by atoms with van der Waals surface area (Å²) in [6.07, 6.45) is -9.08. The van der Waals surface area contributed by atoms with Crippen molar-refractivity contribution in [3.63, 3.8) is 0 Å². The van der Waals surface area contributed by atoms with Gasteiger partial charge in [-0.05, 0) is 34.4 Å². The number of aliphatic hydroxyl groups excluding tert-OH is 6. The maximum Gasteiger partial charge on any atom is 0.237 e. The van der Waals surface area contributed by atoms with Crippen molar-refractivity contribution in [1.82, 2.24) is 26.6 Å². The van der Waals surface area contributed by atoms with Gasteiger partial charge in [0, 0.05) is 26.4 Å². The van der Waals surface area contributed by atoms with E-state index in [1.807, 2.05) is 0 Å². The van der Waals surface area contributed by atoms with Gasteiger partial charge in [-0.2, -0.15) is 0 Å². The van der Waals surface area contributed by atoms with E-state index >= 15 is 0 Å². The Bertz CT molecular complexity index is 876. The molecule has 49 heavy (non-hydrogen) atoms. The van der Waals surface area contributed by atoms with E-state index in [4.69, 9.17) is 28.4 Å². The molecule has 9 atom stereocenters. The Balaban J connectivity index is 4.26.